The van der Waals surface area contributed by atoms with E-state index >= 15 is 0 Å². The molecular formula is C14H23N3. The number of hydrogen-bond acceptors (Lipinski definition) is 3. The van der Waals surface area contributed by atoms with Gasteiger partial charge in [0.15, 0.2) is 0 Å². The molecular weight excluding hydrogens is 210 g/mol. The summed E-state index contributed by atoms with van der Waals surface area (Å²) < 4.78 is 0. The number of nitrogens with zero attached hydrogens (tertiary/aromatic N) is 2. The molecule has 0 bridgehead atoms. The zero-order chi connectivity index (χ0) is 12.1. The molecule has 0 amide bonds. The Hall–Kier alpha value is -0.900. The van der Waals surface area contributed by atoms with Gasteiger partial charge >= 0.3 is 0 Å². The molecule has 0 saturated carbocycles. The molecule has 2 rings (SSSR count). The van der Waals surface area contributed by atoms with E-state index in [0.29, 0.717) is 0 Å². The molecule has 1 saturated heterocycles. The van der Waals surface area contributed by atoms with Gasteiger partial charge in [-0.1, -0.05) is 24.3 Å². The number of piperazine rings is 1. The van der Waals surface area contributed by atoms with Gasteiger partial charge < -0.3 is 5.32 Å². The van der Waals surface area contributed by atoms with Crippen LogP contribution in [0.2, 0.25) is 0 Å². The Morgan fingerprint density at radius 1 is 1.24 bits per heavy atom. The van der Waals surface area contributed by atoms with Gasteiger partial charge in [0.1, 0.15) is 0 Å². The van der Waals surface area contributed by atoms with Crippen molar-refractivity contribution in [1.29, 1.82) is 0 Å². The van der Waals surface area contributed by atoms with Crippen LogP contribution in [0.15, 0.2) is 24.3 Å². The van der Waals surface area contributed by atoms with Crippen molar-refractivity contribution in [3.8, 4) is 0 Å². The molecule has 1 aliphatic heterocycles. The normalized spacial score (nSPS) is 17.6. The Labute approximate surface area is 104 Å². The van der Waals surface area contributed by atoms with Crippen LogP contribution >= 0.6 is 0 Å². The molecule has 1 aliphatic rings. The van der Waals surface area contributed by atoms with Crippen LogP contribution in [0.3, 0.4) is 0 Å². The van der Waals surface area contributed by atoms with E-state index in [1.54, 1.807) is 0 Å². The van der Waals surface area contributed by atoms with Gasteiger partial charge in [0.05, 0.1) is 6.67 Å². The molecule has 1 N–H and O–H groups in total. The molecule has 1 fully saturated rings. The summed E-state index contributed by atoms with van der Waals surface area (Å²) in [5, 5.41) is 3.39. The van der Waals surface area contributed by atoms with Gasteiger partial charge in [0, 0.05) is 32.7 Å². The van der Waals surface area contributed by atoms with Crippen molar-refractivity contribution in [2.75, 3.05) is 39.9 Å². The van der Waals surface area contributed by atoms with E-state index < -0.39 is 0 Å². The summed E-state index contributed by atoms with van der Waals surface area (Å²) in [5.74, 6) is 0. The van der Waals surface area contributed by atoms with Gasteiger partial charge in [-0.3, -0.25) is 9.80 Å². The minimum atomic E-state index is 1.04. The largest absolute Gasteiger partial charge is 0.314 e. The van der Waals surface area contributed by atoms with Crippen molar-refractivity contribution in [2.24, 2.45) is 0 Å². The summed E-state index contributed by atoms with van der Waals surface area (Å²) >= 11 is 0. The molecule has 0 aromatic heterocycles. The Morgan fingerprint density at radius 3 is 2.65 bits per heavy atom. The average molecular weight is 233 g/mol. The molecule has 94 valence electrons. The van der Waals surface area contributed by atoms with Crippen molar-refractivity contribution in [3.05, 3.63) is 35.4 Å². The van der Waals surface area contributed by atoms with Gasteiger partial charge in [0.25, 0.3) is 0 Å². The predicted molar refractivity (Wildman–Crippen MR) is 72.0 cm³/mol. The van der Waals surface area contributed by atoms with Gasteiger partial charge in [-0.05, 0) is 25.1 Å². The van der Waals surface area contributed by atoms with Gasteiger partial charge in [-0.15, -0.1) is 0 Å². The third kappa shape index (κ3) is 3.80. The molecule has 0 spiro atoms. The lowest BCUT2D eigenvalue weighted by Gasteiger charge is -2.31. The SMILES string of the molecule is Cc1ccccc1CN(C)CN1CCNCC1. The van der Waals surface area contributed by atoms with Gasteiger partial charge in [0.2, 0.25) is 0 Å². The first-order valence-corrected chi connectivity index (χ1v) is 6.42. The first-order chi connectivity index (χ1) is 8.25. The van der Waals surface area contributed by atoms with Gasteiger partial charge in [-0.25, -0.2) is 0 Å². The highest BCUT2D eigenvalue weighted by atomic mass is 15.3. The minimum Gasteiger partial charge on any atom is -0.314 e. The van der Waals surface area contributed by atoms with Crippen molar-refractivity contribution < 1.29 is 0 Å². The molecule has 3 nitrogen and oxygen atoms in total. The smallest absolute Gasteiger partial charge is 0.0507 e. The maximum atomic E-state index is 3.39. The fourth-order valence-corrected chi connectivity index (χ4v) is 2.32. The van der Waals surface area contributed by atoms with Crippen LogP contribution in [0, 0.1) is 6.92 Å². The minimum absolute atomic E-state index is 1.04. The second-order valence-electron chi connectivity index (χ2n) is 4.95. The summed E-state index contributed by atoms with van der Waals surface area (Å²) in [6.45, 7) is 8.87. The molecule has 1 aromatic rings. The number of hydrogen-bond donors (Lipinski definition) is 1. The Bertz CT molecular complexity index is 345. The summed E-state index contributed by atoms with van der Waals surface area (Å²) in [5.41, 5.74) is 2.82. The molecule has 0 radical (unpaired) electrons. The second-order valence-corrected chi connectivity index (χ2v) is 4.95. The highest BCUT2D eigenvalue weighted by Crippen LogP contribution is 2.09. The first kappa shape index (κ1) is 12.6. The fourth-order valence-electron chi connectivity index (χ4n) is 2.32. The van der Waals surface area contributed by atoms with Crippen molar-refractivity contribution >= 4 is 0 Å². The second kappa shape index (κ2) is 6.15. The highest BCUT2D eigenvalue weighted by molar-refractivity contribution is 5.25. The van der Waals surface area contributed by atoms with Crippen molar-refractivity contribution in [1.82, 2.24) is 15.1 Å². The Morgan fingerprint density at radius 2 is 1.94 bits per heavy atom. The molecule has 0 aliphatic carbocycles. The van der Waals surface area contributed by atoms with Crippen LogP contribution in [0.25, 0.3) is 0 Å². The Balaban J connectivity index is 1.84. The van der Waals surface area contributed by atoms with Crippen molar-refractivity contribution in [3.63, 3.8) is 0 Å². The molecule has 3 heteroatoms. The first-order valence-electron chi connectivity index (χ1n) is 6.42. The summed E-state index contributed by atoms with van der Waals surface area (Å²) in [6, 6.07) is 8.65. The van der Waals surface area contributed by atoms with Crippen LogP contribution in [0.5, 0.6) is 0 Å². The molecule has 17 heavy (non-hydrogen) atoms. The lowest BCUT2D eigenvalue weighted by Crippen LogP contribution is -2.47. The standard InChI is InChI=1S/C14H23N3/c1-13-5-3-4-6-14(13)11-16(2)12-17-9-7-15-8-10-17/h3-6,15H,7-12H2,1-2H3. The topological polar surface area (TPSA) is 18.5 Å². The zero-order valence-corrected chi connectivity index (χ0v) is 10.9. The lowest BCUT2D eigenvalue weighted by atomic mass is 10.1. The fraction of sp³-hybridized carbons (Fsp3) is 0.571. The summed E-state index contributed by atoms with van der Waals surface area (Å²) in [7, 11) is 2.20. The van der Waals surface area contributed by atoms with Crippen LogP contribution in [-0.4, -0.2) is 49.7 Å². The third-order valence-corrected chi connectivity index (χ3v) is 3.35. The van der Waals surface area contributed by atoms with Crippen LogP contribution < -0.4 is 5.32 Å². The maximum absolute atomic E-state index is 3.39. The van der Waals surface area contributed by atoms with E-state index in [1.165, 1.54) is 11.1 Å². The van der Waals surface area contributed by atoms with Crippen LogP contribution in [0.4, 0.5) is 0 Å². The zero-order valence-electron chi connectivity index (χ0n) is 10.9. The quantitative estimate of drug-likeness (QED) is 0.845. The number of rotatable bonds is 4. The van der Waals surface area contributed by atoms with E-state index in [9.17, 15) is 0 Å². The van der Waals surface area contributed by atoms with Crippen LogP contribution in [0.1, 0.15) is 11.1 Å². The molecule has 1 aromatic carbocycles. The molecule has 0 atom stereocenters. The maximum Gasteiger partial charge on any atom is 0.0507 e. The summed E-state index contributed by atoms with van der Waals surface area (Å²) in [6.07, 6.45) is 0. The monoisotopic (exact) mass is 233 g/mol. The highest BCUT2D eigenvalue weighted by Gasteiger charge is 2.11. The Kier molecular flexibility index (Phi) is 4.54. The van der Waals surface area contributed by atoms with E-state index in [4.69, 9.17) is 0 Å². The molecule has 0 unspecified atom stereocenters. The van der Waals surface area contributed by atoms with E-state index in [-0.39, 0.29) is 0 Å². The van der Waals surface area contributed by atoms with E-state index in [0.717, 1.165) is 39.4 Å². The predicted octanol–water partition coefficient (Wildman–Crippen LogP) is 1.29. The average Bonchev–Trinajstić information content (AvgIpc) is 2.33. The van der Waals surface area contributed by atoms with E-state index in [1.807, 2.05) is 0 Å². The van der Waals surface area contributed by atoms with Crippen molar-refractivity contribution in [2.45, 2.75) is 13.5 Å². The van der Waals surface area contributed by atoms with Crippen LogP contribution in [-0.2, 0) is 6.54 Å². The molecule has 1 heterocycles. The van der Waals surface area contributed by atoms with Gasteiger partial charge in [-0.2, -0.15) is 0 Å². The van der Waals surface area contributed by atoms with E-state index in [2.05, 4.69) is 53.4 Å². The number of aryl methyl sites for hydroxylation is 1. The number of benzene rings is 1. The summed E-state index contributed by atoms with van der Waals surface area (Å²) in [4.78, 5) is 4.91. The third-order valence-electron chi connectivity index (χ3n) is 3.35. The number of nitrogens with one attached hydrogen (secondary N) is 1. The lowest BCUT2D eigenvalue weighted by molar-refractivity contribution is 0.135.